The lowest BCUT2D eigenvalue weighted by Gasteiger charge is -2.35. The van der Waals surface area contributed by atoms with Crippen molar-refractivity contribution < 1.29 is 0 Å². The first-order chi connectivity index (χ1) is 12.8. The maximum Gasteiger partial charge on any atom is 0.130 e. The molecule has 3 aromatic rings. The molecule has 0 bridgehead atoms. The summed E-state index contributed by atoms with van der Waals surface area (Å²) in [7, 11) is 0. The van der Waals surface area contributed by atoms with Crippen LogP contribution in [0.1, 0.15) is 30.0 Å². The number of nitrogens with one attached hydrogen (secondary N) is 2. The van der Waals surface area contributed by atoms with Gasteiger partial charge in [-0.25, -0.2) is 0 Å². The van der Waals surface area contributed by atoms with Gasteiger partial charge in [0.15, 0.2) is 0 Å². The molecule has 2 N–H and O–H groups in total. The van der Waals surface area contributed by atoms with Gasteiger partial charge in [0.1, 0.15) is 5.54 Å². The predicted molar refractivity (Wildman–Crippen MR) is 109 cm³/mol. The largest absolute Gasteiger partial charge is 0.307 e. The van der Waals surface area contributed by atoms with Crippen molar-refractivity contribution in [2.45, 2.75) is 18.9 Å². The Hall–Kier alpha value is -3.20. The predicted octanol–water partition coefficient (Wildman–Crippen LogP) is 4.98. The third kappa shape index (κ3) is 3.42. The van der Waals surface area contributed by atoms with Gasteiger partial charge in [-0.2, -0.15) is 5.10 Å². The fraction of sp³-hybridized carbons (Fsp3) is 0.130. The van der Waals surface area contributed by atoms with Crippen molar-refractivity contribution in [3.63, 3.8) is 0 Å². The highest BCUT2D eigenvalue weighted by Gasteiger charge is 2.36. The zero-order valence-electron chi connectivity index (χ0n) is 14.9. The highest BCUT2D eigenvalue weighted by atomic mass is 15.3. The lowest BCUT2D eigenvalue weighted by molar-refractivity contribution is 0.491. The zero-order chi connectivity index (χ0) is 18.2. The maximum atomic E-state index is 7.59. The Labute approximate surface area is 154 Å². The molecule has 0 atom stereocenters. The van der Waals surface area contributed by atoms with E-state index in [-0.39, 0.29) is 0 Å². The molecule has 0 aliphatic rings. The first-order valence-electron chi connectivity index (χ1n) is 8.82. The molecule has 0 fully saturated rings. The lowest BCUT2D eigenvalue weighted by atomic mass is 9.77. The second kappa shape index (κ2) is 8.26. The highest BCUT2D eigenvalue weighted by molar-refractivity contribution is 6.29. The molecular weight excluding hydrogens is 318 g/mol. The summed E-state index contributed by atoms with van der Waals surface area (Å²) in [4.78, 5) is 0. The van der Waals surface area contributed by atoms with Crippen LogP contribution in [0.25, 0.3) is 0 Å². The van der Waals surface area contributed by atoms with Crippen LogP contribution in [0.15, 0.2) is 96.1 Å². The minimum Gasteiger partial charge on any atom is -0.307 e. The number of rotatable bonds is 7. The van der Waals surface area contributed by atoms with E-state index < -0.39 is 5.54 Å². The first-order valence-corrected chi connectivity index (χ1v) is 8.82. The van der Waals surface area contributed by atoms with Crippen molar-refractivity contribution in [3.05, 3.63) is 108 Å². The molecule has 3 nitrogen and oxygen atoms in total. The second-order valence-electron chi connectivity index (χ2n) is 6.06. The molecule has 0 aliphatic carbocycles. The van der Waals surface area contributed by atoms with Gasteiger partial charge in [0.2, 0.25) is 0 Å². The van der Waals surface area contributed by atoms with E-state index >= 15 is 0 Å². The number of benzene rings is 3. The van der Waals surface area contributed by atoms with Crippen LogP contribution < -0.4 is 5.43 Å². The summed E-state index contributed by atoms with van der Waals surface area (Å²) in [6, 6.07) is 30.9. The van der Waals surface area contributed by atoms with Crippen molar-refractivity contribution in [1.82, 2.24) is 5.43 Å². The van der Waals surface area contributed by atoms with Gasteiger partial charge in [-0.3, -0.25) is 5.43 Å². The van der Waals surface area contributed by atoms with Crippen molar-refractivity contribution >= 4 is 11.9 Å². The number of nitrogens with zero attached hydrogens (tertiary/aromatic N) is 1. The number of hydrogen-bond donors (Lipinski definition) is 2. The van der Waals surface area contributed by atoms with Crippen LogP contribution in [0.4, 0.5) is 0 Å². The van der Waals surface area contributed by atoms with Gasteiger partial charge in [-0.1, -0.05) is 97.9 Å². The molecule has 0 aromatic heterocycles. The van der Waals surface area contributed by atoms with Gasteiger partial charge in [0.05, 0.1) is 5.71 Å². The minimum absolute atomic E-state index is 0.632. The van der Waals surface area contributed by atoms with Crippen molar-refractivity contribution in [2.75, 3.05) is 0 Å². The van der Waals surface area contributed by atoms with Gasteiger partial charge in [-0.05, 0) is 23.1 Å². The molecule has 0 heterocycles. The van der Waals surface area contributed by atoms with Gasteiger partial charge in [-0.15, -0.1) is 0 Å². The number of hydrazone groups is 1. The van der Waals surface area contributed by atoms with E-state index in [0.717, 1.165) is 16.7 Å². The summed E-state index contributed by atoms with van der Waals surface area (Å²) in [6.45, 7) is 2.00. The fourth-order valence-electron chi connectivity index (χ4n) is 3.13. The standard InChI is InChI=1S/C23H23N3/c1-2-22(18-24)25-26-23(19-12-6-3-7-13-19,20-14-8-4-9-15-20)21-16-10-5-11-17-21/h3-18,24,26H,2H2,1H3/b24-18?,25-22-. The molecule has 0 radical (unpaired) electrons. The Bertz CT molecular complexity index is 759. The number of hydrogen-bond acceptors (Lipinski definition) is 3. The van der Waals surface area contributed by atoms with Crippen LogP contribution in [0.5, 0.6) is 0 Å². The third-order valence-corrected chi connectivity index (χ3v) is 4.52. The van der Waals surface area contributed by atoms with E-state index in [1.165, 1.54) is 6.21 Å². The van der Waals surface area contributed by atoms with Crippen molar-refractivity contribution in [2.24, 2.45) is 5.10 Å². The van der Waals surface area contributed by atoms with E-state index in [9.17, 15) is 0 Å². The monoisotopic (exact) mass is 341 g/mol. The molecule has 26 heavy (non-hydrogen) atoms. The topological polar surface area (TPSA) is 48.2 Å². The van der Waals surface area contributed by atoms with Crippen LogP contribution in [0.2, 0.25) is 0 Å². The molecule has 0 amide bonds. The molecule has 0 aliphatic heterocycles. The lowest BCUT2D eigenvalue weighted by Crippen LogP contribution is -2.42. The minimum atomic E-state index is -0.632. The summed E-state index contributed by atoms with van der Waals surface area (Å²) in [5, 5.41) is 12.2. The van der Waals surface area contributed by atoms with E-state index in [2.05, 4.69) is 46.9 Å². The van der Waals surface area contributed by atoms with Crippen LogP contribution in [0.3, 0.4) is 0 Å². The van der Waals surface area contributed by atoms with E-state index in [1.807, 2.05) is 61.5 Å². The Morgan fingerprint density at radius 2 is 1.19 bits per heavy atom. The average molecular weight is 341 g/mol. The molecule has 3 heteroatoms. The van der Waals surface area contributed by atoms with Crippen LogP contribution >= 0.6 is 0 Å². The Balaban J connectivity index is 2.28. The Morgan fingerprint density at radius 3 is 1.50 bits per heavy atom. The molecule has 3 rings (SSSR count). The third-order valence-electron chi connectivity index (χ3n) is 4.52. The SMILES string of the molecule is CC/C(C=N)=N/NC(c1ccccc1)(c1ccccc1)c1ccccc1. The molecule has 3 aromatic carbocycles. The smallest absolute Gasteiger partial charge is 0.130 e. The van der Waals surface area contributed by atoms with E-state index in [0.29, 0.717) is 12.1 Å². The molecule has 130 valence electrons. The molecule has 0 saturated carbocycles. The van der Waals surface area contributed by atoms with Gasteiger partial charge >= 0.3 is 0 Å². The van der Waals surface area contributed by atoms with Crippen LogP contribution in [-0.2, 0) is 5.54 Å². The molecule has 0 spiro atoms. The summed E-state index contributed by atoms with van der Waals surface area (Å²) >= 11 is 0. The first kappa shape index (κ1) is 17.6. The van der Waals surface area contributed by atoms with Crippen LogP contribution in [-0.4, -0.2) is 11.9 Å². The van der Waals surface area contributed by atoms with Gasteiger partial charge < -0.3 is 5.41 Å². The fourth-order valence-corrected chi connectivity index (χ4v) is 3.13. The summed E-state index contributed by atoms with van der Waals surface area (Å²) in [6.07, 6.45) is 2.00. The summed E-state index contributed by atoms with van der Waals surface area (Å²) in [5.41, 5.74) is 6.79. The Kier molecular flexibility index (Phi) is 5.59. The summed E-state index contributed by atoms with van der Waals surface area (Å²) in [5.74, 6) is 0. The maximum absolute atomic E-state index is 7.59. The average Bonchev–Trinajstić information content (AvgIpc) is 2.74. The highest BCUT2D eigenvalue weighted by Crippen LogP contribution is 2.36. The Morgan fingerprint density at radius 1 is 0.808 bits per heavy atom. The van der Waals surface area contributed by atoms with E-state index in [1.54, 1.807) is 0 Å². The summed E-state index contributed by atoms with van der Waals surface area (Å²) < 4.78 is 0. The van der Waals surface area contributed by atoms with Gasteiger partial charge in [0.25, 0.3) is 0 Å². The normalized spacial score (nSPS) is 11.8. The van der Waals surface area contributed by atoms with Crippen molar-refractivity contribution in [3.8, 4) is 0 Å². The van der Waals surface area contributed by atoms with E-state index in [4.69, 9.17) is 5.41 Å². The quantitative estimate of drug-likeness (QED) is 0.355. The molecule has 0 unspecified atom stereocenters. The zero-order valence-corrected chi connectivity index (χ0v) is 14.9. The molecular formula is C23H23N3. The molecule has 0 saturated heterocycles. The van der Waals surface area contributed by atoms with Crippen LogP contribution in [0, 0.1) is 5.41 Å². The second-order valence-corrected chi connectivity index (χ2v) is 6.06. The van der Waals surface area contributed by atoms with Gasteiger partial charge in [0, 0.05) is 6.21 Å². The van der Waals surface area contributed by atoms with Crippen molar-refractivity contribution in [1.29, 1.82) is 5.41 Å².